The Balaban J connectivity index is 1.18. The van der Waals surface area contributed by atoms with Crippen molar-refractivity contribution < 1.29 is 0 Å². The van der Waals surface area contributed by atoms with Crippen LogP contribution >= 0.6 is 11.3 Å². The molecule has 0 aliphatic rings. The quantitative estimate of drug-likeness (QED) is 0.222. The zero-order valence-electron chi connectivity index (χ0n) is 22.0. The number of hydrogen-bond acceptors (Lipinski definition) is 4. The molecular formula is C37H23N3S. The summed E-state index contributed by atoms with van der Waals surface area (Å²) in [6, 6.07) is 48.5. The molecule has 4 heteroatoms. The van der Waals surface area contributed by atoms with Crippen LogP contribution in [0.4, 0.5) is 0 Å². The molecule has 0 spiro atoms. The molecule has 0 fully saturated rings. The van der Waals surface area contributed by atoms with E-state index in [4.69, 9.17) is 15.0 Å². The lowest BCUT2D eigenvalue weighted by molar-refractivity contribution is 1.18. The summed E-state index contributed by atoms with van der Waals surface area (Å²) in [4.78, 5) is 15.0. The van der Waals surface area contributed by atoms with Crippen LogP contribution in [0.25, 0.3) is 76.2 Å². The Morgan fingerprint density at radius 2 is 1.02 bits per heavy atom. The van der Waals surface area contributed by atoms with Gasteiger partial charge in [-0.2, -0.15) is 0 Å². The molecule has 0 saturated heterocycles. The van der Waals surface area contributed by atoms with Gasteiger partial charge in [-0.25, -0.2) is 15.0 Å². The van der Waals surface area contributed by atoms with Crippen molar-refractivity contribution in [1.29, 1.82) is 0 Å². The molecule has 3 heterocycles. The number of thiophene rings is 1. The van der Waals surface area contributed by atoms with E-state index >= 15 is 0 Å². The van der Waals surface area contributed by atoms with Crippen molar-refractivity contribution >= 4 is 42.5 Å². The number of nitrogens with zero attached hydrogens (tertiary/aromatic N) is 3. The van der Waals surface area contributed by atoms with E-state index in [-0.39, 0.29) is 0 Å². The predicted molar refractivity (Wildman–Crippen MR) is 172 cm³/mol. The maximum atomic E-state index is 5.01. The fraction of sp³-hybridized carbons (Fsp3) is 0. The van der Waals surface area contributed by atoms with Crippen molar-refractivity contribution in [2.75, 3.05) is 0 Å². The normalized spacial score (nSPS) is 11.4. The van der Waals surface area contributed by atoms with E-state index in [0.717, 1.165) is 55.6 Å². The summed E-state index contributed by atoms with van der Waals surface area (Å²) >= 11 is 1.80. The Bertz CT molecular complexity index is 2130. The first-order valence-corrected chi connectivity index (χ1v) is 14.4. The van der Waals surface area contributed by atoms with Crippen LogP contribution in [0.3, 0.4) is 0 Å². The van der Waals surface area contributed by atoms with Crippen LogP contribution in [-0.2, 0) is 0 Å². The van der Waals surface area contributed by atoms with Gasteiger partial charge >= 0.3 is 0 Å². The third-order valence-electron chi connectivity index (χ3n) is 7.48. The van der Waals surface area contributed by atoms with Crippen molar-refractivity contribution in [2.24, 2.45) is 0 Å². The molecule has 0 N–H and O–H groups in total. The Labute approximate surface area is 241 Å². The highest BCUT2D eigenvalue weighted by molar-refractivity contribution is 7.25. The van der Waals surface area contributed by atoms with E-state index < -0.39 is 0 Å². The molecule has 0 bridgehead atoms. The van der Waals surface area contributed by atoms with Gasteiger partial charge in [0.25, 0.3) is 0 Å². The van der Waals surface area contributed by atoms with Crippen LogP contribution in [0.15, 0.2) is 140 Å². The van der Waals surface area contributed by atoms with Crippen LogP contribution < -0.4 is 0 Å². The smallest absolute Gasteiger partial charge is 0.160 e. The minimum absolute atomic E-state index is 0.714. The molecule has 8 aromatic rings. The first-order valence-electron chi connectivity index (χ1n) is 13.6. The molecule has 0 amide bonds. The molecule has 3 nitrogen and oxygen atoms in total. The second-order valence-electron chi connectivity index (χ2n) is 10.1. The molecule has 3 aromatic heterocycles. The minimum atomic E-state index is 0.714. The molecule has 41 heavy (non-hydrogen) atoms. The van der Waals surface area contributed by atoms with E-state index in [1.165, 1.54) is 14.8 Å². The van der Waals surface area contributed by atoms with Gasteiger partial charge < -0.3 is 0 Å². The number of pyridine rings is 1. The van der Waals surface area contributed by atoms with Gasteiger partial charge in [-0.05, 0) is 41.5 Å². The molecule has 0 unspecified atom stereocenters. The summed E-state index contributed by atoms with van der Waals surface area (Å²) < 4.78 is 2.49. The van der Waals surface area contributed by atoms with Gasteiger partial charge in [-0.3, -0.25) is 0 Å². The van der Waals surface area contributed by atoms with Crippen LogP contribution in [0.2, 0.25) is 0 Å². The molecular weight excluding hydrogens is 518 g/mol. The van der Waals surface area contributed by atoms with Crippen molar-refractivity contribution in [2.45, 2.75) is 0 Å². The van der Waals surface area contributed by atoms with Crippen LogP contribution in [0.5, 0.6) is 0 Å². The SMILES string of the molecule is c1ccc(-c2cc(-c3ccccc3)nc(-c3ccc(-c4ccc5nc6c(cc5c4)sc4ccccc46)cc3)n2)cc1. The van der Waals surface area contributed by atoms with E-state index in [0.29, 0.717) is 5.82 Å². The van der Waals surface area contributed by atoms with Gasteiger partial charge in [-0.1, -0.05) is 109 Å². The van der Waals surface area contributed by atoms with E-state index in [1.54, 1.807) is 11.3 Å². The Hall–Kier alpha value is -5.19. The van der Waals surface area contributed by atoms with Crippen molar-refractivity contribution in [1.82, 2.24) is 15.0 Å². The minimum Gasteiger partial charge on any atom is -0.246 e. The molecule has 192 valence electrons. The van der Waals surface area contributed by atoms with Gasteiger partial charge in [0, 0.05) is 32.2 Å². The molecule has 0 aliphatic carbocycles. The Morgan fingerprint density at radius 3 is 1.73 bits per heavy atom. The van der Waals surface area contributed by atoms with Gasteiger partial charge in [0.2, 0.25) is 0 Å². The highest BCUT2D eigenvalue weighted by Crippen LogP contribution is 2.36. The molecule has 0 aliphatic heterocycles. The van der Waals surface area contributed by atoms with Crippen LogP contribution in [-0.4, -0.2) is 15.0 Å². The maximum absolute atomic E-state index is 5.01. The van der Waals surface area contributed by atoms with E-state index in [1.807, 2.05) is 36.4 Å². The summed E-state index contributed by atoms with van der Waals surface area (Å²) in [5.74, 6) is 0.714. The first kappa shape index (κ1) is 23.7. The third kappa shape index (κ3) is 4.35. The average molecular weight is 542 g/mol. The van der Waals surface area contributed by atoms with E-state index in [9.17, 15) is 0 Å². The van der Waals surface area contributed by atoms with Gasteiger partial charge in [-0.15, -0.1) is 11.3 Å². The van der Waals surface area contributed by atoms with Gasteiger partial charge in [0.1, 0.15) is 0 Å². The third-order valence-corrected chi connectivity index (χ3v) is 8.59. The summed E-state index contributed by atoms with van der Waals surface area (Å²) in [7, 11) is 0. The molecule has 5 aromatic carbocycles. The van der Waals surface area contributed by atoms with Gasteiger partial charge in [0.05, 0.1) is 27.1 Å². The summed E-state index contributed by atoms with van der Waals surface area (Å²) in [6.45, 7) is 0. The Kier molecular flexibility index (Phi) is 5.64. The molecule has 0 saturated carbocycles. The first-order chi connectivity index (χ1) is 20.3. The second-order valence-corrected chi connectivity index (χ2v) is 11.2. The van der Waals surface area contributed by atoms with Crippen molar-refractivity contribution in [3.63, 3.8) is 0 Å². The van der Waals surface area contributed by atoms with Crippen LogP contribution in [0.1, 0.15) is 0 Å². The number of aromatic nitrogens is 3. The average Bonchev–Trinajstić information content (AvgIpc) is 3.41. The van der Waals surface area contributed by atoms with Crippen molar-refractivity contribution in [3.05, 3.63) is 140 Å². The molecule has 0 radical (unpaired) electrons. The van der Waals surface area contributed by atoms with Crippen LogP contribution in [0, 0.1) is 0 Å². The highest BCUT2D eigenvalue weighted by Gasteiger charge is 2.12. The second kappa shape index (κ2) is 9.77. The molecule has 0 atom stereocenters. The zero-order chi connectivity index (χ0) is 27.2. The monoisotopic (exact) mass is 541 g/mol. The lowest BCUT2D eigenvalue weighted by Gasteiger charge is -2.10. The fourth-order valence-corrected chi connectivity index (χ4v) is 6.48. The predicted octanol–water partition coefficient (Wildman–Crippen LogP) is 10.1. The number of hydrogen-bond donors (Lipinski definition) is 0. The number of rotatable bonds is 4. The summed E-state index contributed by atoms with van der Waals surface area (Å²) in [5, 5.41) is 2.38. The molecule has 8 rings (SSSR count). The van der Waals surface area contributed by atoms with Crippen molar-refractivity contribution in [3.8, 4) is 45.0 Å². The highest BCUT2D eigenvalue weighted by atomic mass is 32.1. The maximum Gasteiger partial charge on any atom is 0.160 e. The Morgan fingerprint density at radius 1 is 0.415 bits per heavy atom. The summed E-state index contributed by atoms with van der Waals surface area (Å²) in [6.07, 6.45) is 0. The van der Waals surface area contributed by atoms with Gasteiger partial charge in [0.15, 0.2) is 5.82 Å². The topological polar surface area (TPSA) is 38.7 Å². The van der Waals surface area contributed by atoms with E-state index in [2.05, 4.69) is 103 Å². The zero-order valence-corrected chi connectivity index (χ0v) is 22.8. The standard InChI is InChI=1S/C37H23N3S/c1-3-9-25(10-4-1)32-23-33(26-11-5-2-6-12-26)40-37(39-32)27-17-15-24(16-18-27)28-19-20-31-29(21-28)22-35-36(38-31)30-13-7-8-14-34(30)41-35/h1-23H. The number of benzene rings is 5. The fourth-order valence-electron chi connectivity index (χ4n) is 5.38. The largest absolute Gasteiger partial charge is 0.246 e. The summed E-state index contributed by atoms with van der Waals surface area (Å²) in [5.41, 5.74) is 9.36. The number of fused-ring (bicyclic) bond motifs is 4. The lowest BCUT2D eigenvalue weighted by Crippen LogP contribution is -1.95. The lowest BCUT2D eigenvalue weighted by atomic mass is 10.0.